The zero-order valence-electron chi connectivity index (χ0n) is 14.0. The molecule has 0 aromatic carbocycles. The van der Waals surface area contributed by atoms with Crippen LogP contribution in [0.3, 0.4) is 0 Å². The van der Waals surface area contributed by atoms with Gasteiger partial charge in [0.25, 0.3) is 0 Å². The summed E-state index contributed by atoms with van der Waals surface area (Å²) in [4.78, 5) is 9.33. The predicted molar refractivity (Wildman–Crippen MR) is 90.2 cm³/mol. The maximum Gasteiger partial charge on any atom is 0.195 e. The van der Waals surface area contributed by atoms with Crippen LogP contribution in [0.5, 0.6) is 0 Å². The second-order valence-electron chi connectivity index (χ2n) is 7.02. The first kappa shape index (κ1) is 16.3. The summed E-state index contributed by atoms with van der Waals surface area (Å²) in [6.07, 6.45) is 8.17. The molecule has 0 amide bonds. The summed E-state index contributed by atoms with van der Waals surface area (Å²) in [6.45, 7) is 12.0. The van der Waals surface area contributed by atoms with Crippen LogP contribution in [0, 0.1) is 11.8 Å². The number of rotatable bonds is 6. The summed E-state index contributed by atoms with van der Waals surface area (Å²) in [5, 5.41) is 0. The summed E-state index contributed by atoms with van der Waals surface area (Å²) in [5.74, 6) is 2.15. The first-order valence-electron chi connectivity index (χ1n) is 8.41. The molecule has 1 heterocycles. The summed E-state index contributed by atoms with van der Waals surface area (Å²) in [6, 6.07) is 0. The molecule has 1 saturated carbocycles. The van der Waals surface area contributed by atoms with Crippen LogP contribution in [0.15, 0.2) is 17.8 Å². The average molecular weight is 292 g/mol. The molecule has 2 atom stereocenters. The van der Waals surface area contributed by atoms with E-state index in [1.165, 1.54) is 45.3 Å². The van der Waals surface area contributed by atoms with Crippen molar-refractivity contribution in [1.29, 1.82) is 0 Å². The maximum absolute atomic E-state index is 6.11. The topological polar surface area (TPSA) is 44.9 Å². The fourth-order valence-corrected chi connectivity index (χ4v) is 3.29. The van der Waals surface area contributed by atoms with Gasteiger partial charge < -0.3 is 15.5 Å². The zero-order valence-corrected chi connectivity index (χ0v) is 14.0. The predicted octanol–water partition coefficient (Wildman–Crippen LogP) is 2.67. The Morgan fingerprint density at radius 3 is 2.76 bits per heavy atom. The van der Waals surface area contributed by atoms with E-state index in [2.05, 4.69) is 25.3 Å². The molecule has 1 aliphatic heterocycles. The van der Waals surface area contributed by atoms with Gasteiger partial charge in [0, 0.05) is 20.1 Å². The lowest BCUT2D eigenvalue weighted by Gasteiger charge is -2.41. The average Bonchev–Trinajstić information content (AvgIpc) is 3.30. The lowest BCUT2D eigenvalue weighted by molar-refractivity contribution is 0.118. The highest BCUT2D eigenvalue weighted by molar-refractivity contribution is 5.79. The van der Waals surface area contributed by atoms with Crippen LogP contribution in [0.2, 0.25) is 0 Å². The highest BCUT2D eigenvalue weighted by Crippen LogP contribution is 2.36. The second-order valence-corrected chi connectivity index (χ2v) is 7.02. The Morgan fingerprint density at radius 2 is 2.19 bits per heavy atom. The van der Waals surface area contributed by atoms with E-state index in [0.29, 0.717) is 11.9 Å². The highest BCUT2D eigenvalue weighted by Gasteiger charge is 2.37. The minimum absolute atomic E-state index is 0.0659. The van der Waals surface area contributed by atoms with Gasteiger partial charge in [0.1, 0.15) is 0 Å². The van der Waals surface area contributed by atoms with Gasteiger partial charge in [-0.25, -0.2) is 4.99 Å². The van der Waals surface area contributed by atoms with E-state index in [9.17, 15) is 0 Å². The van der Waals surface area contributed by atoms with Crippen LogP contribution in [0.4, 0.5) is 0 Å². The summed E-state index contributed by atoms with van der Waals surface area (Å²) in [7, 11) is 1.90. The van der Waals surface area contributed by atoms with Crippen LogP contribution < -0.4 is 5.73 Å². The van der Waals surface area contributed by atoms with Gasteiger partial charge in [-0.3, -0.25) is 0 Å². The van der Waals surface area contributed by atoms with E-state index < -0.39 is 0 Å². The fraction of sp³-hybridized carbons (Fsp3) is 0.824. The number of guanidine groups is 1. The minimum Gasteiger partial charge on any atom is -0.370 e. The van der Waals surface area contributed by atoms with E-state index in [1.54, 1.807) is 11.1 Å². The van der Waals surface area contributed by atoms with E-state index in [1.807, 2.05) is 7.05 Å². The number of piperidine rings is 1. The SMILES string of the molecule is C=CN(C)C(N)=N[C@@](C)(CC)C1CCCN(CC2CC2)C1. The lowest BCUT2D eigenvalue weighted by Crippen LogP contribution is -2.47. The summed E-state index contributed by atoms with van der Waals surface area (Å²) < 4.78 is 0. The van der Waals surface area contributed by atoms with Crippen molar-refractivity contribution >= 4 is 5.96 Å². The second kappa shape index (κ2) is 6.82. The molecule has 2 rings (SSSR count). The van der Waals surface area contributed by atoms with Crippen LogP contribution in [0.25, 0.3) is 0 Å². The van der Waals surface area contributed by atoms with Crippen molar-refractivity contribution < 1.29 is 0 Å². The number of hydrogen-bond donors (Lipinski definition) is 1. The van der Waals surface area contributed by atoms with Crippen molar-refractivity contribution in [2.24, 2.45) is 22.6 Å². The monoisotopic (exact) mass is 292 g/mol. The Hall–Kier alpha value is -1.03. The molecule has 2 aliphatic rings. The molecule has 21 heavy (non-hydrogen) atoms. The van der Waals surface area contributed by atoms with Gasteiger partial charge in [-0.1, -0.05) is 13.5 Å². The van der Waals surface area contributed by atoms with E-state index >= 15 is 0 Å². The van der Waals surface area contributed by atoms with Crippen molar-refractivity contribution in [1.82, 2.24) is 9.80 Å². The fourth-order valence-electron chi connectivity index (χ4n) is 3.29. The largest absolute Gasteiger partial charge is 0.370 e. The molecule has 0 aromatic rings. The number of hydrogen-bond acceptors (Lipinski definition) is 2. The third kappa shape index (κ3) is 4.22. The number of likely N-dealkylation sites (tertiary alicyclic amines) is 1. The molecule has 0 aromatic heterocycles. The Bertz CT molecular complexity index is 388. The third-order valence-electron chi connectivity index (χ3n) is 5.32. The molecular weight excluding hydrogens is 260 g/mol. The lowest BCUT2D eigenvalue weighted by atomic mass is 9.78. The zero-order chi connectivity index (χ0) is 15.5. The van der Waals surface area contributed by atoms with Crippen molar-refractivity contribution in [3.05, 3.63) is 12.8 Å². The molecule has 1 unspecified atom stereocenters. The van der Waals surface area contributed by atoms with Gasteiger partial charge in [-0.2, -0.15) is 0 Å². The molecule has 0 bridgehead atoms. The first-order chi connectivity index (χ1) is 9.98. The molecule has 2 fully saturated rings. The quantitative estimate of drug-likeness (QED) is 0.605. The molecule has 0 spiro atoms. The van der Waals surface area contributed by atoms with Gasteiger partial charge in [-0.05, 0) is 63.6 Å². The number of nitrogens with two attached hydrogens (primary N) is 1. The van der Waals surface area contributed by atoms with Crippen molar-refractivity contribution in [2.75, 3.05) is 26.7 Å². The van der Waals surface area contributed by atoms with Crippen LogP contribution in [-0.4, -0.2) is 48.0 Å². The molecular formula is C17H32N4. The van der Waals surface area contributed by atoms with Crippen LogP contribution in [-0.2, 0) is 0 Å². The van der Waals surface area contributed by atoms with E-state index in [-0.39, 0.29) is 5.54 Å². The number of aliphatic imine (C=N–C) groups is 1. The van der Waals surface area contributed by atoms with Gasteiger partial charge in [0.15, 0.2) is 5.96 Å². The van der Waals surface area contributed by atoms with Crippen LogP contribution in [0.1, 0.15) is 46.0 Å². The Morgan fingerprint density at radius 1 is 1.48 bits per heavy atom. The molecule has 0 radical (unpaired) electrons. The molecule has 4 heteroatoms. The summed E-state index contributed by atoms with van der Waals surface area (Å²) in [5.41, 5.74) is 6.05. The third-order valence-corrected chi connectivity index (χ3v) is 5.32. The van der Waals surface area contributed by atoms with Gasteiger partial charge in [0.05, 0.1) is 5.54 Å². The van der Waals surface area contributed by atoms with E-state index in [0.717, 1.165) is 12.3 Å². The number of nitrogens with zero attached hydrogens (tertiary/aromatic N) is 3. The molecule has 2 N–H and O–H groups in total. The Labute approximate surface area is 130 Å². The molecule has 4 nitrogen and oxygen atoms in total. The van der Waals surface area contributed by atoms with Gasteiger partial charge in [0.2, 0.25) is 0 Å². The summed E-state index contributed by atoms with van der Waals surface area (Å²) >= 11 is 0. The first-order valence-corrected chi connectivity index (χ1v) is 8.41. The van der Waals surface area contributed by atoms with Gasteiger partial charge in [-0.15, -0.1) is 0 Å². The Kier molecular flexibility index (Phi) is 5.31. The smallest absolute Gasteiger partial charge is 0.195 e. The standard InChI is InChI=1S/C17H32N4/c1-5-17(3,19-16(18)20(4)6-2)15-8-7-11-21(13-15)12-14-9-10-14/h6,14-15H,2,5,7-13H2,1,3-4H3,(H2,18,19)/t15?,17-/m0/s1. The Balaban J connectivity index is 2.04. The van der Waals surface area contributed by atoms with Crippen molar-refractivity contribution in [2.45, 2.75) is 51.5 Å². The maximum atomic E-state index is 6.11. The van der Waals surface area contributed by atoms with Crippen LogP contribution >= 0.6 is 0 Å². The minimum atomic E-state index is -0.0659. The van der Waals surface area contributed by atoms with Crippen molar-refractivity contribution in [3.8, 4) is 0 Å². The van der Waals surface area contributed by atoms with Crippen molar-refractivity contribution in [3.63, 3.8) is 0 Å². The molecule has 1 aliphatic carbocycles. The van der Waals surface area contributed by atoms with E-state index in [4.69, 9.17) is 10.7 Å². The normalized spacial score (nSPS) is 27.2. The van der Waals surface area contributed by atoms with Gasteiger partial charge >= 0.3 is 0 Å². The molecule has 1 saturated heterocycles. The molecule has 120 valence electrons. The highest BCUT2D eigenvalue weighted by atomic mass is 15.2.